The van der Waals surface area contributed by atoms with Crippen molar-refractivity contribution in [2.24, 2.45) is 0 Å². The van der Waals surface area contributed by atoms with E-state index in [1.54, 1.807) is 6.07 Å². The molecule has 3 nitrogen and oxygen atoms in total. The van der Waals surface area contributed by atoms with Crippen molar-refractivity contribution >= 4 is 17.5 Å². The van der Waals surface area contributed by atoms with Crippen LogP contribution in [0.2, 0.25) is 5.15 Å². The number of amides is 1. The van der Waals surface area contributed by atoms with E-state index in [4.69, 9.17) is 11.6 Å². The van der Waals surface area contributed by atoms with Gasteiger partial charge in [-0.2, -0.15) is 0 Å². The molecule has 0 bridgehead atoms. The fraction of sp³-hybridized carbons (Fsp3) is 0.200. The molecule has 1 aromatic carbocycles. The Bertz CT molecular complexity index is 627. The fourth-order valence-electron chi connectivity index (χ4n) is 2.36. The van der Waals surface area contributed by atoms with Crippen LogP contribution in [0, 0.1) is 0 Å². The van der Waals surface area contributed by atoms with E-state index in [0.717, 1.165) is 29.8 Å². The van der Waals surface area contributed by atoms with Crippen molar-refractivity contribution in [2.45, 2.75) is 13.0 Å². The number of pyridine rings is 1. The van der Waals surface area contributed by atoms with E-state index in [1.807, 2.05) is 41.3 Å². The summed E-state index contributed by atoms with van der Waals surface area (Å²) in [5.41, 5.74) is 2.75. The van der Waals surface area contributed by atoms with Crippen LogP contribution in [0.4, 0.5) is 0 Å². The van der Waals surface area contributed by atoms with Crippen molar-refractivity contribution in [1.29, 1.82) is 0 Å². The number of nitrogens with zero attached hydrogens (tertiary/aromatic N) is 2. The fourth-order valence-corrected chi connectivity index (χ4v) is 2.54. The van der Waals surface area contributed by atoms with Crippen LogP contribution in [0.25, 0.3) is 0 Å². The highest BCUT2D eigenvalue weighted by atomic mass is 35.5. The van der Waals surface area contributed by atoms with E-state index >= 15 is 0 Å². The molecular weight excluding hydrogens is 260 g/mol. The summed E-state index contributed by atoms with van der Waals surface area (Å²) >= 11 is 5.87. The average Bonchev–Trinajstić information content (AvgIpc) is 2.42. The van der Waals surface area contributed by atoms with Gasteiger partial charge in [0.25, 0.3) is 5.91 Å². The van der Waals surface area contributed by atoms with Crippen molar-refractivity contribution in [3.05, 3.63) is 64.4 Å². The largest absolute Gasteiger partial charge is 0.332 e. The molecule has 96 valence electrons. The lowest BCUT2D eigenvalue weighted by atomic mass is 9.99. The molecule has 4 heteroatoms. The molecule has 1 amide bonds. The maximum absolute atomic E-state index is 12.4. The summed E-state index contributed by atoms with van der Waals surface area (Å²) in [5.74, 6) is 0.0728. The highest BCUT2D eigenvalue weighted by Crippen LogP contribution is 2.20. The molecule has 0 N–H and O–H groups in total. The summed E-state index contributed by atoms with van der Waals surface area (Å²) in [6.45, 7) is 1.23. The molecule has 0 atom stereocenters. The number of hydrogen-bond donors (Lipinski definition) is 0. The molecule has 1 aromatic heterocycles. The Hall–Kier alpha value is -1.87. The number of aromatic nitrogens is 1. The maximum Gasteiger partial charge on any atom is 0.254 e. The van der Waals surface area contributed by atoms with E-state index in [0.29, 0.717) is 11.7 Å². The van der Waals surface area contributed by atoms with Crippen molar-refractivity contribution in [3.63, 3.8) is 0 Å². The number of carbonyl (C=O) groups is 1. The van der Waals surface area contributed by atoms with E-state index in [1.165, 1.54) is 0 Å². The molecule has 0 radical (unpaired) electrons. The van der Waals surface area contributed by atoms with Crippen molar-refractivity contribution < 1.29 is 4.79 Å². The van der Waals surface area contributed by atoms with Gasteiger partial charge < -0.3 is 4.90 Å². The Kier molecular flexibility index (Phi) is 3.22. The van der Waals surface area contributed by atoms with Gasteiger partial charge in [0, 0.05) is 12.1 Å². The molecule has 3 rings (SSSR count). The lowest BCUT2D eigenvalue weighted by Gasteiger charge is -2.28. The standard InChI is InChI=1S/C15H13ClN2O/c16-14-7-3-5-12(17-14)10-18-9-8-11-4-1-2-6-13(11)15(18)19/h1-7H,8-10H2. The van der Waals surface area contributed by atoms with Crippen LogP contribution < -0.4 is 0 Å². The number of hydrogen-bond acceptors (Lipinski definition) is 2. The summed E-state index contributed by atoms with van der Waals surface area (Å²) in [4.78, 5) is 18.4. The molecule has 2 aromatic rings. The zero-order valence-corrected chi connectivity index (χ0v) is 11.1. The Labute approximate surface area is 116 Å². The van der Waals surface area contributed by atoms with Gasteiger partial charge in [-0.3, -0.25) is 4.79 Å². The minimum Gasteiger partial charge on any atom is -0.332 e. The normalized spacial score (nSPS) is 14.4. The quantitative estimate of drug-likeness (QED) is 0.788. The summed E-state index contributed by atoms with van der Waals surface area (Å²) in [5, 5.41) is 0.461. The van der Waals surface area contributed by atoms with E-state index in [-0.39, 0.29) is 5.91 Å². The molecule has 0 fully saturated rings. The van der Waals surface area contributed by atoms with Gasteiger partial charge in [-0.25, -0.2) is 4.98 Å². The van der Waals surface area contributed by atoms with Crippen LogP contribution >= 0.6 is 11.6 Å². The van der Waals surface area contributed by atoms with Crippen LogP contribution in [0.1, 0.15) is 21.6 Å². The lowest BCUT2D eigenvalue weighted by molar-refractivity contribution is 0.0725. The number of benzene rings is 1. The highest BCUT2D eigenvalue weighted by molar-refractivity contribution is 6.29. The average molecular weight is 273 g/mol. The van der Waals surface area contributed by atoms with Crippen molar-refractivity contribution in [1.82, 2.24) is 9.88 Å². The third kappa shape index (κ3) is 2.47. The molecule has 2 heterocycles. The number of rotatable bonds is 2. The highest BCUT2D eigenvalue weighted by Gasteiger charge is 2.23. The van der Waals surface area contributed by atoms with E-state index in [2.05, 4.69) is 4.98 Å². The third-order valence-electron chi connectivity index (χ3n) is 3.31. The zero-order valence-electron chi connectivity index (χ0n) is 10.3. The zero-order chi connectivity index (χ0) is 13.2. The smallest absolute Gasteiger partial charge is 0.254 e. The molecule has 0 saturated heterocycles. The first-order valence-electron chi connectivity index (χ1n) is 6.22. The SMILES string of the molecule is O=C1c2ccccc2CCN1Cc1cccc(Cl)n1. The molecule has 0 aliphatic carbocycles. The monoisotopic (exact) mass is 272 g/mol. The first kappa shape index (κ1) is 12.2. The summed E-state index contributed by atoms with van der Waals surface area (Å²) in [7, 11) is 0. The number of halogens is 1. The second-order valence-electron chi connectivity index (χ2n) is 4.59. The summed E-state index contributed by atoms with van der Waals surface area (Å²) in [6, 6.07) is 13.3. The Morgan fingerprint density at radius 2 is 2.00 bits per heavy atom. The van der Waals surface area contributed by atoms with Gasteiger partial charge in [0.1, 0.15) is 5.15 Å². The number of fused-ring (bicyclic) bond motifs is 1. The third-order valence-corrected chi connectivity index (χ3v) is 3.52. The van der Waals surface area contributed by atoms with Crippen LogP contribution in [0.5, 0.6) is 0 Å². The molecule has 1 aliphatic heterocycles. The Balaban J connectivity index is 1.83. The van der Waals surface area contributed by atoms with Gasteiger partial charge in [-0.05, 0) is 30.2 Å². The van der Waals surface area contributed by atoms with Gasteiger partial charge in [0.15, 0.2) is 0 Å². The van der Waals surface area contributed by atoms with Crippen LogP contribution in [0.3, 0.4) is 0 Å². The van der Waals surface area contributed by atoms with Gasteiger partial charge in [-0.1, -0.05) is 35.9 Å². The topological polar surface area (TPSA) is 33.2 Å². The number of carbonyl (C=O) groups excluding carboxylic acids is 1. The molecule has 0 unspecified atom stereocenters. The summed E-state index contributed by atoms with van der Waals surface area (Å²) in [6.07, 6.45) is 0.891. The molecule has 0 saturated carbocycles. The minimum atomic E-state index is 0.0728. The first-order chi connectivity index (χ1) is 9.24. The Morgan fingerprint density at radius 1 is 1.16 bits per heavy atom. The lowest BCUT2D eigenvalue weighted by Crippen LogP contribution is -2.37. The predicted octanol–water partition coefficient (Wildman–Crippen LogP) is 2.93. The van der Waals surface area contributed by atoms with Crippen LogP contribution in [-0.2, 0) is 13.0 Å². The van der Waals surface area contributed by atoms with Gasteiger partial charge >= 0.3 is 0 Å². The van der Waals surface area contributed by atoms with Gasteiger partial charge in [-0.15, -0.1) is 0 Å². The predicted molar refractivity (Wildman–Crippen MR) is 74.1 cm³/mol. The molecular formula is C15H13ClN2O. The van der Waals surface area contributed by atoms with Gasteiger partial charge in [0.05, 0.1) is 12.2 Å². The van der Waals surface area contributed by atoms with E-state index in [9.17, 15) is 4.79 Å². The molecule has 19 heavy (non-hydrogen) atoms. The van der Waals surface area contributed by atoms with Gasteiger partial charge in [0.2, 0.25) is 0 Å². The van der Waals surface area contributed by atoms with Crippen molar-refractivity contribution in [3.8, 4) is 0 Å². The van der Waals surface area contributed by atoms with E-state index < -0.39 is 0 Å². The maximum atomic E-state index is 12.4. The second-order valence-corrected chi connectivity index (χ2v) is 4.97. The first-order valence-corrected chi connectivity index (χ1v) is 6.60. The van der Waals surface area contributed by atoms with Crippen LogP contribution in [0.15, 0.2) is 42.5 Å². The van der Waals surface area contributed by atoms with Crippen LogP contribution in [-0.4, -0.2) is 22.3 Å². The Morgan fingerprint density at radius 3 is 2.84 bits per heavy atom. The minimum absolute atomic E-state index is 0.0728. The van der Waals surface area contributed by atoms with Crippen molar-refractivity contribution in [2.75, 3.05) is 6.54 Å². The molecule has 1 aliphatic rings. The second kappa shape index (κ2) is 5.02. The summed E-state index contributed by atoms with van der Waals surface area (Å²) < 4.78 is 0. The molecule has 0 spiro atoms.